The number of pyridine rings is 1. The first-order valence-electron chi connectivity index (χ1n) is 6.95. The van der Waals surface area contributed by atoms with Gasteiger partial charge in [-0.1, -0.05) is 11.6 Å². The van der Waals surface area contributed by atoms with Crippen molar-refractivity contribution in [1.82, 2.24) is 15.0 Å². The van der Waals surface area contributed by atoms with Crippen LogP contribution in [0.1, 0.15) is 6.92 Å². The van der Waals surface area contributed by atoms with Crippen molar-refractivity contribution in [1.29, 1.82) is 0 Å². The number of hydrogen-bond donors (Lipinski definition) is 2. The van der Waals surface area contributed by atoms with Gasteiger partial charge in [0, 0.05) is 18.2 Å². The van der Waals surface area contributed by atoms with Crippen LogP contribution in [0.3, 0.4) is 0 Å². The van der Waals surface area contributed by atoms with Gasteiger partial charge < -0.3 is 21.1 Å². The molecule has 0 aromatic carbocycles. The first-order chi connectivity index (χ1) is 10.5. The Morgan fingerprint density at radius 3 is 2.68 bits per heavy atom. The van der Waals surface area contributed by atoms with E-state index in [0.717, 1.165) is 12.4 Å². The van der Waals surface area contributed by atoms with E-state index in [1.54, 1.807) is 18.2 Å². The number of ether oxygens (including phenoxy) is 1. The Balaban J connectivity index is 2.02. The summed E-state index contributed by atoms with van der Waals surface area (Å²) >= 11 is 5.95. The molecule has 1 saturated heterocycles. The molecule has 1 atom stereocenters. The zero-order chi connectivity index (χ0) is 15.7. The molecule has 1 fully saturated rings. The van der Waals surface area contributed by atoms with E-state index in [1.165, 1.54) is 0 Å². The predicted molar refractivity (Wildman–Crippen MR) is 86.7 cm³/mol. The largest absolute Gasteiger partial charge is 0.384 e. The third-order valence-electron chi connectivity index (χ3n) is 3.47. The van der Waals surface area contributed by atoms with E-state index in [0.29, 0.717) is 41.4 Å². The van der Waals surface area contributed by atoms with Gasteiger partial charge in [-0.25, -0.2) is 15.0 Å². The smallest absolute Gasteiger partial charge is 0.164 e. The van der Waals surface area contributed by atoms with E-state index in [1.807, 2.05) is 0 Å². The fourth-order valence-corrected chi connectivity index (χ4v) is 2.66. The fraction of sp³-hybridized carbons (Fsp3) is 0.357. The van der Waals surface area contributed by atoms with E-state index < -0.39 is 0 Å². The van der Waals surface area contributed by atoms with E-state index in [4.69, 9.17) is 27.8 Å². The van der Waals surface area contributed by atoms with Gasteiger partial charge in [-0.15, -0.1) is 0 Å². The minimum absolute atomic E-state index is 0.224. The zero-order valence-corrected chi connectivity index (χ0v) is 12.9. The summed E-state index contributed by atoms with van der Waals surface area (Å²) in [5.41, 5.74) is 12.4. The molecular weight excluding hydrogens is 304 g/mol. The number of nitrogens with zero attached hydrogens (tertiary/aromatic N) is 4. The molecule has 4 N–H and O–H groups in total. The van der Waals surface area contributed by atoms with Crippen LogP contribution in [0.25, 0.3) is 11.4 Å². The number of nitrogens with two attached hydrogens (primary N) is 2. The zero-order valence-electron chi connectivity index (χ0n) is 12.2. The third kappa shape index (κ3) is 3.05. The number of hydrogen-bond acceptors (Lipinski definition) is 7. The minimum Gasteiger partial charge on any atom is -0.384 e. The lowest BCUT2D eigenvalue weighted by atomic mass is 10.2. The second-order valence-corrected chi connectivity index (χ2v) is 5.58. The average Bonchev–Trinajstić information content (AvgIpc) is 2.46. The van der Waals surface area contributed by atoms with Crippen molar-refractivity contribution in [3.05, 3.63) is 23.4 Å². The summed E-state index contributed by atoms with van der Waals surface area (Å²) in [5.74, 6) is 1.95. The van der Waals surface area contributed by atoms with E-state index in [9.17, 15) is 0 Å². The van der Waals surface area contributed by atoms with Crippen molar-refractivity contribution in [2.75, 3.05) is 36.1 Å². The van der Waals surface area contributed by atoms with Crippen LogP contribution < -0.4 is 16.4 Å². The highest BCUT2D eigenvalue weighted by Gasteiger charge is 2.21. The lowest BCUT2D eigenvalue weighted by Crippen LogP contribution is -2.44. The minimum atomic E-state index is 0.224. The van der Waals surface area contributed by atoms with Crippen LogP contribution in [0, 0.1) is 0 Å². The molecule has 0 radical (unpaired) electrons. The standard InChI is InChI=1S/C14H17ClN6O/c1-8-7-22-3-2-21(8)13-6-12(17)19-14(20-13)9-4-10(15)18-11(16)5-9/h4-6,8H,2-3,7H2,1H3,(H2,16,18)(H2,17,19,20). The van der Waals surface area contributed by atoms with Gasteiger partial charge in [-0.05, 0) is 19.1 Å². The maximum absolute atomic E-state index is 5.95. The number of anilines is 3. The molecule has 0 bridgehead atoms. The molecule has 22 heavy (non-hydrogen) atoms. The molecule has 8 heteroatoms. The van der Waals surface area contributed by atoms with Crippen molar-refractivity contribution in [3.63, 3.8) is 0 Å². The highest BCUT2D eigenvalue weighted by Crippen LogP contribution is 2.26. The van der Waals surface area contributed by atoms with Crippen LogP contribution in [0.4, 0.5) is 17.5 Å². The number of halogens is 1. The first kappa shape index (κ1) is 14.8. The van der Waals surface area contributed by atoms with Crippen LogP contribution in [0.5, 0.6) is 0 Å². The van der Waals surface area contributed by atoms with Crippen molar-refractivity contribution >= 4 is 29.1 Å². The highest BCUT2D eigenvalue weighted by molar-refractivity contribution is 6.29. The second kappa shape index (κ2) is 5.94. The van der Waals surface area contributed by atoms with Gasteiger partial charge in [-0.2, -0.15) is 0 Å². The first-order valence-corrected chi connectivity index (χ1v) is 7.33. The monoisotopic (exact) mass is 320 g/mol. The summed E-state index contributed by atoms with van der Waals surface area (Å²) in [7, 11) is 0. The van der Waals surface area contributed by atoms with Gasteiger partial charge in [0.1, 0.15) is 22.6 Å². The molecule has 1 aliphatic heterocycles. The molecule has 0 spiro atoms. The number of nitrogen functional groups attached to an aromatic ring is 2. The Hall–Kier alpha value is -2.12. The topological polar surface area (TPSA) is 103 Å². The SMILES string of the molecule is CC1COCCN1c1cc(N)nc(-c2cc(N)nc(Cl)c2)n1. The van der Waals surface area contributed by atoms with Crippen molar-refractivity contribution in [2.45, 2.75) is 13.0 Å². The summed E-state index contributed by atoms with van der Waals surface area (Å²) in [6.45, 7) is 4.17. The Labute approximate surface area is 133 Å². The summed E-state index contributed by atoms with van der Waals surface area (Å²) < 4.78 is 5.45. The van der Waals surface area contributed by atoms with Gasteiger partial charge in [0.2, 0.25) is 0 Å². The lowest BCUT2D eigenvalue weighted by molar-refractivity contribution is 0.0985. The highest BCUT2D eigenvalue weighted by atomic mass is 35.5. The van der Waals surface area contributed by atoms with Gasteiger partial charge in [0.05, 0.1) is 19.3 Å². The summed E-state index contributed by atoms with van der Waals surface area (Å²) in [4.78, 5) is 15.0. The molecule has 116 valence electrons. The van der Waals surface area contributed by atoms with Crippen molar-refractivity contribution < 1.29 is 4.74 Å². The van der Waals surface area contributed by atoms with Crippen LogP contribution in [-0.4, -0.2) is 40.8 Å². The predicted octanol–water partition coefficient (Wildman–Crippen LogP) is 1.58. The maximum Gasteiger partial charge on any atom is 0.164 e. The average molecular weight is 321 g/mol. The van der Waals surface area contributed by atoms with Gasteiger partial charge >= 0.3 is 0 Å². The van der Waals surface area contributed by atoms with Gasteiger partial charge in [0.15, 0.2) is 5.82 Å². The number of aromatic nitrogens is 3. The molecule has 3 heterocycles. The number of morpholine rings is 1. The van der Waals surface area contributed by atoms with Crippen molar-refractivity contribution in [2.24, 2.45) is 0 Å². The Morgan fingerprint density at radius 1 is 1.18 bits per heavy atom. The van der Waals surface area contributed by atoms with Crippen molar-refractivity contribution in [3.8, 4) is 11.4 Å². The molecule has 1 unspecified atom stereocenters. The Bertz CT molecular complexity index is 675. The quantitative estimate of drug-likeness (QED) is 0.810. The molecule has 0 saturated carbocycles. The molecule has 1 aliphatic rings. The van der Waals surface area contributed by atoms with E-state index >= 15 is 0 Å². The molecule has 2 aromatic rings. The van der Waals surface area contributed by atoms with Crippen LogP contribution in [0.15, 0.2) is 18.2 Å². The summed E-state index contributed by atoms with van der Waals surface area (Å²) in [6.07, 6.45) is 0. The maximum atomic E-state index is 5.95. The van der Waals surface area contributed by atoms with Crippen LogP contribution in [0.2, 0.25) is 5.15 Å². The normalized spacial score (nSPS) is 18.5. The van der Waals surface area contributed by atoms with Gasteiger partial charge in [0.25, 0.3) is 0 Å². The van der Waals surface area contributed by atoms with Crippen LogP contribution in [-0.2, 0) is 4.74 Å². The molecule has 2 aromatic heterocycles. The van der Waals surface area contributed by atoms with E-state index in [-0.39, 0.29) is 6.04 Å². The molecule has 7 nitrogen and oxygen atoms in total. The Morgan fingerprint density at radius 2 is 1.95 bits per heavy atom. The second-order valence-electron chi connectivity index (χ2n) is 5.20. The number of rotatable bonds is 2. The summed E-state index contributed by atoms with van der Waals surface area (Å²) in [6, 6.07) is 5.33. The lowest BCUT2D eigenvalue weighted by Gasteiger charge is -2.34. The molecule has 0 aliphatic carbocycles. The Kier molecular flexibility index (Phi) is 4.00. The summed E-state index contributed by atoms with van der Waals surface area (Å²) in [5, 5.41) is 0.294. The molecule has 0 amide bonds. The molecular formula is C14H17ClN6O. The fourth-order valence-electron chi connectivity index (χ4n) is 2.44. The third-order valence-corrected chi connectivity index (χ3v) is 3.66. The molecule has 3 rings (SSSR count). The van der Waals surface area contributed by atoms with E-state index in [2.05, 4.69) is 26.8 Å². The van der Waals surface area contributed by atoms with Gasteiger partial charge in [-0.3, -0.25) is 0 Å². The van der Waals surface area contributed by atoms with Crippen LogP contribution >= 0.6 is 11.6 Å².